The first kappa shape index (κ1) is 11.9. The van der Waals surface area contributed by atoms with Crippen LogP contribution in [-0.4, -0.2) is 24.7 Å². The van der Waals surface area contributed by atoms with Crippen molar-refractivity contribution in [1.29, 1.82) is 0 Å². The normalized spacial score (nSPS) is 32.3. The van der Waals surface area contributed by atoms with Crippen molar-refractivity contribution < 1.29 is 9.53 Å². The Balaban J connectivity index is 1.83. The minimum absolute atomic E-state index is 0.0919. The molecule has 1 amide bonds. The van der Waals surface area contributed by atoms with E-state index >= 15 is 0 Å². The van der Waals surface area contributed by atoms with Gasteiger partial charge in [0.1, 0.15) is 0 Å². The summed E-state index contributed by atoms with van der Waals surface area (Å²) in [6.07, 6.45) is 9.12. The minimum atomic E-state index is 0.0919. The molecule has 3 nitrogen and oxygen atoms in total. The van der Waals surface area contributed by atoms with Gasteiger partial charge in [-0.1, -0.05) is 19.3 Å². The zero-order valence-electron chi connectivity index (χ0n) is 10.2. The van der Waals surface area contributed by atoms with Gasteiger partial charge in [-0.15, -0.1) is 0 Å². The highest BCUT2D eigenvalue weighted by Crippen LogP contribution is 2.32. The number of ether oxygens (including phenoxy) is 1. The first-order chi connectivity index (χ1) is 7.75. The largest absolute Gasteiger partial charge is 0.378 e. The van der Waals surface area contributed by atoms with E-state index in [2.05, 4.69) is 5.32 Å². The topological polar surface area (TPSA) is 38.3 Å². The lowest BCUT2D eigenvalue weighted by atomic mass is 9.82. The van der Waals surface area contributed by atoms with Gasteiger partial charge < -0.3 is 10.1 Å². The number of carbonyl (C=O) groups is 1. The minimum Gasteiger partial charge on any atom is -0.378 e. The van der Waals surface area contributed by atoms with E-state index in [1.807, 2.05) is 0 Å². The van der Waals surface area contributed by atoms with Crippen LogP contribution in [0, 0.1) is 5.92 Å². The fraction of sp³-hybridized carbons (Fsp3) is 0.923. The van der Waals surface area contributed by atoms with Gasteiger partial charge in [-0.3, -0.25) is 4.79 Å². The van der Waals surface area contributed by atoms with E-state index in [4.69, 9.17) is 4.74 Å². The van der Waals surface area contributed by atoms with Crippen LogP contribution in [0.15, 0.2) is 0 Å². The Hall–Kier alpha value is -0.570. The molecule has 2 aliphatic rings. The smallest absolute Gasteiger partial charge is 0.217 e. The van der Waals surface area contributed by atoms with Gasteiger partial charge >= 0.3 is 0 Å². The first-order valence-electron chi connectivity index (χ1n) is 6.64. The lowest BCUT2D eigenvalue weighted by Crippen LogP contribution is -2.43. The van der Waals surface area contributed by atoms with Crippen LogP contribution in [0.2, 0.25) is 0 Å². The molecule has 2 atom stereocenters. The molecule has 1 saturated heterocycles. The summed E-state index contributed by atoms with van der Waals surface area (Å²) in [6, 6.07) is 0.346. The van der Waals surface area contributed by atoms with Gasteiger partial charge in [-0.25, -0.2) is 0 Å². The molecular weight excluding hydrogens is 202 g/mol. The predicted molar refractivity (Wildman–Crippen MR) is 63.2 cm³/mol. The third-order valence-corrected chi connectivity index (χ3v) is 3.90. The Kier molecular flexibility index (Phi) is 4.22. The molecular formula is C13H23NO2. The fourth-order valence-electron chi connectivity index (χ4n) is 3.08. The predicted octanol–water partition coefficient (Wildman–Crippen LogP) is 2.25. The maximum atomic E-state index is 11.0. The summed E-state index contributed by atoms with van der Waals surface area (Å²) in [7, 11) is 0. The first-order valence-corrected chi connectivity index (χ1v) is 6.64. The van der Waals surface area contributed by atoms with Crippen molar-refractivity contribution >= 4 is 5.91 Å². The second-order valence-electron chi connectivity index (χ2n) is 5.23. The number of amides is 1. The van der Waals surface area contributed by atoms with E-state index < -0.39 is 0 Å². The van der Waals surface area contributed by atoms with Crippen molar-refractivity contribution in [1.82, 2.24) is 5.32 Å². The SMILES string of the molecule is CC(=O)NC1CCOC(C2CCCCC2)C1. The molecule has 2 fully saturated rings. The maximum absolute atomic E-state index is 11.0. The lowest BCUT2D eigenvalue weighted by molar-refractivity contribution is -0.121. The highest BCUT2D eigenvalue weighted by molar-refractivity contribution is 5.73. The molecule has 0 aromatic heterocycles. The molecule has 2 unspecified atom stereocenters. The van der Waals surface area contributed by atoms with Crippen LogP contribution < -0.4 is 5.32 Å². The van der Waals surface area contributed by atoms with E-state index in [-0.39, 0.29) is 5.91 Å². The third-order valence-electron chi connectivity index (χ3n) is 3.90. The van der Waals surface area contributed by atoms with Crippen LogP contribution in [0.5, 0.6) is 0 Å². The molecule has 0 bridgehead atoms. The summed E-state index contributed by atoms with van der Waals surface area (Å²) in [4.78, 5) is 11.0. The molecule has 0 aromatic rings. The Bertz CT molecular complexity index is 236. The molecule has 1 aliphatic carbocycles. The molecule has 1 heterocycles. The summed E-state index contributed by atoms with van der Waals surface area (Å²) >= 11 is 0. The van der Waals surface area contributed by atoms with Gasteiger partial charge in [0.25, 0.3) is 0 Å². The average Bonchev–Trinajstić information content (AvgIpc) is 2.30. The maximum Gasteiger partial charge on any atom is 0.217 e. The summed E-state index contributed by atoms with van der Waals surface area (Å²) < 4.78 is 5.88. The van der Waals surface area contributed by atoms with Crippen molar-refractivity contribution in [3.63, 3.8) is 0 Å². The van der Waals surface area contributed by atoms with Gasteiger partial charge in [-0.2, -0.15) is 0 Å². The molecule has 16 heavy (non-hydrogen) atoms. The molecule has 1 saturated carbocycles. The van der Waals surface area contributed by atoms with E-state index in [1.165, 1.54) is 32.1 Å². The zero-order valence-corrected chi connectivity index (χ0v) is 10.2. The Labute approximate surface area is 97.9 Å². The van der Waals surface area contributed by atoms with Gasteiger partial charge in [-0.05, 0) is 31.6 Å². The van der Waals surface area contributed by atoms with Crippen LogP contribution in [0.3, 0.4) is 0 Å². The van der Waals surface area contributed by atoms with Gasteiger partial charge in [0.05, 0.1) is 6.10 Å². The van der Waals surface area contributed by atoms with E-state index in [0.29, 0.717) is 12.1 Å². The molecule has 1 N–H and O–H groups in total. The second kappa shape index (κ2) is 5.67. The van der Waals surface area contributed by atoms with Crippen molar-refractivity contribution in [3.8, 4) is 0 Å². The molecule has 1 aliphatic heterocycles. The number of carbonyl (C=O) groups excluding carboxylic acids is 1. The lowest BCUT2D eigenvalue weighted by Gasteiger charge is -2.36. The Morgan fingerprint density at radius 3 is 2.62 bits per heavy atom. The Morgan fingerprint density at radius 2 is 1.94 bits per heavy atom. The summed E-state index contributed by atoms with van der Waals surface area (Å²) in [5.74, 6) is 0.833. The molecule has 0 aromatic carbocycles. The van der Waals surface area contributed by atoms with Gasteiger partial charge in [0, 0.05) is 19.6 Å². The van der Waals surface area contributed by atoms with Crippen LogP contribution in [0.1, 0.15) is 51.9 Å². The zero-order chi connectivity index (χ0) is 11.4. The van der Waals surface area contributed by atoms with E-state index in [9.17, 15) is 4.79 Å². The number of rotatable bonds is 2. The summed E-state index contributed by atoms with van der Waals surface area (Å²) in [6.45, 7) is 2.41. The fourth-order valence-corrected chi connectivity index (χ4v) is 3.08. The second-order valence-corrected chi connectivity index (χ2v) is 5.23. The summed E-state index contributed by atoms with van der Waals surface area (Å²) in [5, 5.41) is 3.03. The van der Waals surface area contributed by atoms with Crippen LogP contribution in [0.4, 0.5) is 0 Å². The average molecular weight is 225 g/mol. The van der Waals surface area contributed by atoms with Gasteiger partial charge in [0.2, 0.25) is 5.91 Å². The number of nitrogens with one attached hydrogen (secondary N) is 1. The highest BCUT2D eigenvalue weighted by atomic mass is 16.5. The van der Waals surface area contributed by atoms with Crippen molar-refractivity contribution in [2.45, 2.75) is 64.0 Å². The number of hydrogen-bond donors (Lipinski definition) is 1. The van der Waals surface area contributed by atoms with Crippen LogP contribution >= 0.6 is 0 Å². The summed E-state index contributed by atoms with van der Waals surface area (Å²) in [5.41, 5.74) is 0. The molecule has 3 heteroatoms. The van der Waals surface area contributed by atoms with Crippen molar-refractivity contribution in [2.75, 3.05) is 6.61 Å². The standard InChI is InChI=1S/C13H23NO2/c1-10(15)14-12-7-8-16-13(9-12)11-5-3-2-4-6-11/h11-13H,2-9H2,1H3,(H,14,15). The Morgan fingerprint density at radius 1 is 1.19 bits per heavy atom. The molecule has 92 valence electrons. The van der Waals surface area contributed by atoms with Crippen molar-refractivity contribution in [2.24, 2.45) is 5.92 Å². The quantitative estimate of drug-likeness (QED) is 0.782. The molecule has 0 spiro atoms. The highest BCUT2D eigenvalue weighted by Gasteiger charge is 2.30. The molecule has 2 rings (SSSR count). The van der Waals surface area contributed by atoms with Crippen molar-refractivity contribution in [3.05, 3.63) is 0 Å². The monoisotopic (exact) mass is 225 g/mol. The third kappa shape index (κ3) is 3.21. The van der Waals surface area contributed by atoms with Crippen LogP contribution in [0.25, 0.3) is 0 Å². The van der Waals surface area contributed by atoms with E-state index in [1.54, 1.807) is 6.92 Å². The van der Waals surface area contributed by atoms with Crippen LogP contribution in [-0.2, 0) is 9.53 Å². The van der Waals surface area contributed by atoms with E-state index in [0.717, 1.165) is 25.4 Å². The number of hydrogen-bond acceptors (Lipinski definition) is 2. The van der Waals surface area contributed by atoms with Gasteiger partial charge in [0.15, 0.2) is 0 Å². The molecule has 0 radical (unpaired) electrons.